The van der Waals surface area contributed by atoms with Gasteiger partial charge in [-0.3, -0.25) is 14.9 Å². The van der Waals surface area contributed by atoms with Crippen molar-refractivity contribution in [1.82, 2.24) is 4.98 Å². The van der Waals surface area contributed by atoms with E-state index in [-0.39, 0.29) is 5.56 Å². The van der Waals surface area contributed by atoms with E-state index in [2.05, 4.69) is 9.72 Å². The SMILES string of the molecule is COC(=O)c1cc[nH]c(=O)c1[N+](=O)[O-]. The van der Waals surface area contributed by atoms with Crippen LogP contribution in [0.1, 0.15) is 10.4 Å². The highest BCUT2D eigenvalue weighted by molar-refractivity contribution is 5.93. The van der Waals surface area contributed by atoms with Crippen molar-refractivity contribution in [1.29, 1.82) is 0 Å². The van der Waals surface area contributed by atoms with Gasteiger partial charge in [0.1, 0.15) is 5.56 Å². The van der Waals surface area contributed by atoms with Gasteiger partial charge in [0.2, 0.25) is 0 Å². The van der Waals surface area contributed by atoms with E-state index in [1.54, 1.807) is 0 Å². The van der Waals surface area contributed by atoms with Crippen LogP contribution >= 0.6 is 0 Å². The molecule has 0 bridgehead atoms. The Balaban J connectivity index is 3.43. The molecular weight excluding hydrogens is 192 g/mol. The fourth-order valence-corrected chi connectivity index (χ4v) is 0.926. The van der Waals surface area contributed by atoms with Crippen molar-refractivity contribution in [3.05, 3.63) is 38.3 Å². The lowest BCUT2D eigenvalue weighted by molar-refractivity contribution is -0.386. The molecule has 1 heterocycles. The predicted octanol–water partition coefficient (Wildman–Crippen LogP) is 0.0697. The van der Waals surface area contributed by atoms with Gasteiger partial charge in [0.15, 0.2) is 0 Å². The molecule has 0 fully saturated rings. The number of nitrogens with zero attached hydrogens (tertiary/aromatic N) is 1. The highest BCUT2D eigenvalue weighted by Gasteiger charge is 2.24. The van der Waals surface area contributed by atoms with Gasteiger partial charge in [-0.1, -0.05) is 0 Å². The lowest BCUT2D eigenvalue weighted by Crippen LogP contribution is -2.16. The number of carbonyl (C=O) groups excluding carboxylic acids is 1. The molecule has 0 amide bonds. The second-order valence-electron chi connectivity index (χ2n) is 2.32. The molecule has 0 aliphatic heterocycles. The molecule has 7 heteroatoms. The molecule has 7 nitrogen and oxygen atoms in total. The number of carbonyl (C=O) groups is 1. The van der Waals surface area contributed by atoms with Crippen molar-refractivity contribution < 1.29 is 14.5 Å². The number of aromatic nitrogens is 1. The second kappa shape index (κ2) is 3.69. The Hall–Kier alpha value is -2.18. The Morgan fingerprint density at radius 2 is 2.29 bits per heavy atom. The summed E-state index contributed by atoms with van der Waals surface area (Å²) in [7, 11) is 1.08. The molecule has 0 saturated carbocycles. The standard InChI is InChI=1S/C7H6N2O5/c1-14-7(11)4-2-3-8-6(10)5(4)9(12)13/h2-3H,1H3,(H,8,10). The molecule has 0 aliphatic carbocycles. The first-order valence-electron chi connectivity index (χ1n) is 3.52. The fraction of sp³-hybridized carbons (Fsp3) is 0.143. The number of H-pyrrole nitrogens is 1. The Morgan fingerprint density at radius 3 is 2.79 bits per heavy atom. The Kier molecular flexibility index (Phi) is 2.61. The number of ether oxygens (including phenoxy) is 1. The maximum absolute atomic E-state index is 11.0. The van der Waals surface area contributed by atoms with Crippen LogP contribution in [0.25, 0.3) is 0 Å². The van der Waals surface area contributed by atoms with Gasteiger partial charge >= 0.3 is 17.2 Å². The molecule has 0 aliphatic rings. The topological polar surface area (TPSA) is 102 Å². The van der Waals surface area contributed by atoms with Gasteiger partial charge in [-0.25, -0.2) is 4.79 Å². The Bertz CT molecular complexity index is 436. The van der Waals surface area contributed by atoms with Crippen LogP contribution in [0.4, 0.5) is 5.69 Å². The number of nitro groups is 1. The first-order chi connectivity index (χ1) is 6.57. The minimum Gasteiger partial charge on any atom is -0.465 e. The minimum atomic E-state index is -0.932. The molecule has 14 heavy (non-hydrogen) atoms. The van der Waals surface area contributed by atoms with Gasteiger partial charge in [0.05, 0.1) is 12.0 Å². The Morgan fingerprint density at radius 1 is 1.64 bits per heavy atom. The highest BCUT2D eigenvalue weighted by Crippen LogP contribution is 2.12. The summed E-state index contributed by atoms with van der Waals surface area (Å²) in [6.45, 7) is 0. The van der Waals surface area contributed by atoms with Crippen LogP contribution in [0.2, 0.25) is 0 Å². The molecule has 0 saturated heterocycles. The third kappa shape index (κ3) is 1.60. The van der Waals surface area contributed by atoms with Crippen LogP contribution in [0, 0.1) is 10.1 Å². The lowest BCUT2D eigenvalue weighted by Gasteiger charge is -1.98. The van der Waals surface area contributed by atoms with Crippen LogP contribution in [-0.4, -0.2) is 23.0 Å². The molecule has 0 atom stereocenters. The number of aromatic amines is 1. The molecule has 0 radical (unpaired) electrons. The average Bonchev–Trinajstić information content (AvgIpc) is 2.15. The van der Waals surface area contributed by atoms with E-state index in [0.717, 1.165) is 19.4 Å². The summed E-state index contributed by atoms with van der Waals surface area (Å²) in [6.07, 6.45) is 1.14. The van der Waals surface area contributed by atoms with E-state index in [9.17, 15) is 19.7 Å². The van der Waals surface area contributed by atoms with Crippen LogP contribution in [0.5, 0.6) is 0 Å². The van der Waals surface area contributed by atoms with Gasteiger partial charge in [0.25, 0.3) is 0 Å². The van der Waals surface area contributed by atoms with E-state index in [4.69, 9.17) is 0 Å². The van der Waals surface area contributed by atoms with Crippen LogP contribution in [-0.2, 0) is 4.74 Å². The van der Waals surface area contributed by atoms with Crippen LogP contribution in [0.15, 0.2) is 17.1 Å². The van der Waals surface area contributed by atoms with E-state index >= 15 is 0 Å². The number of methoxy groups -OCH3 is 1. The maximum Gasteiger partial charge on any atom is 0.348 e. The Labute approximate surface area is 77.5 Å². The average molecular weight is 198 g/mol. The summed E-state index contributed by atoms with van der Waals surface area (Å²) in [5, 5.41) is 10.4. The zero-order valence-corrected chi connectivity index (χ0v) is 7.14. The fourth-order valence-electron chi connectivity index (χ4n) is 0.926. The van der Waals surface area contributed by atoms with Gasteiger partial charge in [-0.15, -0.1) is 0 Å². The molecule has 1 rings (SSSR count). The highest BCUT2D eigenvalue weighted by atomic mass is 16.6. The van der Waals surface area contributed by atoms with Gasteiger partial charge in [0, 0.05) is 6.20 Å². The lowest BCUT2D eigenvalue weighted by atomic mass is 10.2. The van der Waals surface area contributed by atoms with Crippen LogP contribution in [0.3, 0.4) is 0 Å². The third-order valence-corrected chi connectivity index (χ3v) is 1.52. The number of hydrogen-bond donors (Lipinski definition) is 1. The summed E-state index contributed by atoms with van der Waals surface area (Å²) in [4.78, 5) is 33.6. The number of hydrogen-bond acceptors (Lipinski definition) is 5. The molecular formula is C7H6N2O5. The molecule has 0 unspecified atom stereocenters. The van der Waals surface area contributed by atoms with E-state index in [1.165, 1.54) is 0 Å². The van der Waals surface area contributed by atoms with Crippen molar-refractivity contribution >= 4 is 11.7 Å². The van der Waals surface area contributed by atoms with E-state index < -0.39 is 22.1 Å². The first-order valence-corrected chi connectivity index (χ1v) is 3.52. The predicted molar refractivity (Wildman–Crippen MR) is 45.1 cm³/mol. The molecule has 1 N–H and O–H groups in total. The number of esters is 1. The van der Waals surface area contributed by atoms with Gasteiger partial charge < -0.3 is 9.72 Å². The zero-order valence-electron chi connectivity index (χ0n) is 7.14. The van der Waals surface area contributed by atoms with Gasteiger partial charge in [-0.2, -0.15) is 0 Å². The minimum absolute atomic E-state index is 0.360. The summed E-state index contributed by atoms with van der Waals surface area (Å²) in [5.41, 5.74) is -2.10. The monoisotopic (exact) mass is 198 g/mol. The molecule has 0 aromatic carbocycles. The van der Waals surface area contributed by atoms with Crippen molar-refractivity contribution in [3.8, 4) is 0 Å². The smallest absolute Gasteiger partial charge is 0.348 e. The van der Waals surface area contributed by atoms with E-state index in [1.807, 2.05) is 0 Å². The molecule has 74 valence electrons. The van der Waals surface area contributed by atoms with Crippen LogP contribution < -0.4 is 5.56 Å². The van der Waals surface area contributed by atoms with Crippen molar-refractivity contribution in [2.45, 2.75) is 0 Å². The second-order valence-corrected chi connectivity index (χ2v) is 2.32. The van der Waals surface area contributed by atoms with Gasteiger partial charge in [-0.05, 0) is 6.07 Å². The number of rotatable bonds is 2. The molecule has 0 spiro atoms. The van der Waals surface area contributed by atoms with E-state index in [0.29, 0.717) is 0 Å². The maximum atomic E-state index is 11.0. The number of nitrogens with one attached hydrogen (secondary N) is 1. The number of pyridine rings is 1. The summed E-state index contributed by atoms with van der Waals surface area (Å²) < 4.78 is 4.29. The zero-order chi connectivity index (χ0) is 10.7. The van der Waals surface area contributed by atoms with Crippen molar-refractivity contribution in [2.24, 2.45) is 0 Å². The summed E-state index contributed by atoms with van der Waals surface area (Å²) >= 11 is 0. The summed E-state index contributed by atoms with van der Waals surface area (Å²) in [5.74, 6) is -0.914. The first kappa shape index (κ1) is 9.90. The summed E-state index contributed by atoms with van der Waals surface area (Å²) in [6, 6.07) is 1.12. The normalized spacial score (nSPS) is 9.50. The van der Waals surface area contributed by atoms with Crippen molar-refractivity contribution in [2.75, 3.05) is 7.11 Å². The largest absolute Gasteiger partial charge is 0.465 e. The quantitative estimate of drug-likeness (QED) is 0.411. The molecule has 1 aromatic heterocycles. The molecule has 1 aromatic rings. The van der Waals surface area contributed by atoms with Crippen molar-refractivity contribution in [3.63, 3.8) is 0 Å². The third-order valence-electron chi connectivity index (χ3n) is 1.52.